The Morgan fingerprint density at radius 2 is 2.09 bits per heavy atom. The van der Waals surface area contributed by atoms with E-state index in [9.17, 15) is 13.2 Å². The predicted octanol–water partition coefficient (Wildman–Crippen LogP) is 2.93. The number of piperidine rings is 1. The minimum atomic E-state index is -4.25. The molecule has 0 spiro atoms. The SMILES string of the molecule is Cc1cc(C)n(C[C@H]2CCCCN2CCOCC(F)(F)F)n1. The number of rotatable bonds is 6. The molecule has 0 aromatic carbocycles. The largest absolute Gasteiger partial charge is 0.411 e. The fourth-order valence-corrected chi connectivity index (χ4v) is 2.99. The van der Waals surface area contributed by atoms with Crippen LogP contribution in [0.1, 0.15) is 30.7 Å². The molecule has 7 heteroatoms. The van der Waals surface area contributed by atoms with Gasteiger partial charge in [0.15, 0.2) is 0 Å². The van der Waals surface area contributed by atoms with Crippen molar-refractivity contribution in [3.8, 4) is 0 Å². The first kappa shape index (κ1) is 17.3. The second-order valence-electron chi connectivity index (χ2n) is 5.96. The monoisotopic (exact) mass is 319 g/mol. The zero-order valence-electron chi connectivity index (χ0n) is 13.2. The summed E-state index contributed by atoms with van der Waals surface area (Å²) in [6, 6.07) is 2.36. The molecule has 1 aromatic heterocycles. The van der Waals surface area contributed by atoms with E-state index in [-0.39, 0.29) is 6.61 Å². The first-order valence-electron chi connectivity index (χ1n) is 7.75. The van der Waals surface area contributed by atoms with Crippen molar-refractivity contribution >= 4 is 0 Å². The Balaban J connectivity index is 1.84. The summed E-state index contributed by atoms with van der Waals surface area (Å²) >= 11 is 0. The Morgan fingerprint density at radius 1 is 1.32 bits per heavy atom. The van der Waals surface area contributed by atoms with Crippen molar-refractivity contribution in [2.75, 3.05) is 26.3 Å². The second-order valence-corrected chi connectivity index (χ2v) is 5.96. The molecule has 1 aliphatic rings. The summed E-state index contributed by atoms with van der Waals surface area (Å²) in [6.45, 7) is 5.20. The number of likely N-dealkylation sites (tertiary alicyclic amines) is 1. The maximum atomic E-state index is 12.1. The molecule has 126 valence electrons. The average molecular weight is 319 g/mol. The van der Waals surface area contributed by atoms with Gasteiger partial charge in [0, 0.05) is 18.3 Å². The van der Waals surface area contributed by atoms with Crippen LogP contribution in [0.15, 0.2) is 6.07 Å². The van der Waals surface area contributed by atoms with E-state index in [1.807, 2.05) is 24.6 Å². The van der Waals surface area contributed by atoms with Gasteiger partial charge in [0.25, 0.3) is 0 Å². The van der Waals surface area contributed by atoms with Crippen LogP contribution in [-0.2, 0) is 11.3 Å². The highest BCUT2D eigenvalue weighted by Crippen LogP contribution is 2.19. The summed E-state index contributed by atoms with van der Waals surface area (Å²) < 4.78 is 43.0. The van der Waals surface area contributed by atoms with Crippen LogP contribution in [0.2, 0.25) is 0 Å². The van der Waals surface area contributed by atoms with Crippen LogP contribution in [0.25, 0.3) is 0 Å². The number of aryl methyl sites for hydroxylation is 2. The third kappa shape index (κ3) is 5.28. The predicted molar refractivity (Wildman–Crippen MR) is 77.8 cm³/mol. The lowest BCUT2D eigenvalue weighted by molar-refractivity contribution is -0.175. The van der Waals surface area contributed by atoms with E-state index in [1.54, 1.807) is 0 Å². The number of ether oxygens (including phenoxy) is 1. The maximum absolute atomic E-state index is 12.1. The Kier molecular flexibility index (Phi) is 5.86. The zero-order valence-corrected chi connectivity index (χ0v) is 13.2. The number of nitrogens with zero attached hydrogens (tertiary/aromatic N) is 3. The molecule has 2 heterocycles. The van der Waals surface area contributed by atoms with E-state index in [0.717, 1.165) is 43.7 Å². The maximum Gasteiger partial charge on any atom is 0.411 e. The molecule has 0 amide bonds. The molecular formula is C15H24F3N3O. The van der Waals surface area contributed by atoms with Crippen LogP contribution < -0.4 is 0 Å². The lowest BCUT2D eigenvalue weighted by atomic mass is 10.0. The third-order valence-corrected chi connectivity index (χ3v) is 4.02. The van der Waals surface area contributed by atoms with Crippen LogP contribution in [0.5, 0.6) is 0 Å². The van der Waals surface area contributed by atoms with Crippen molar-refractivity contribution in [3.05, 3.63) is 17.5 Å². The van der Waals surface area contributed by atoms with Crippen LogP contribution >= 0.6 is 0 Å². The molecule has 1 aromatic rings. The number of hydrogen-bond donors (Lipinski definition) is 0. The standard InChI is InChI=1S/C15H24F3N3O/c1-12-9-13(2)21(19-12)10-14-5-3-4-6-20(14)7-8-22-11-15(16,17)18/h9,14H,3-8,10-11H2,1-2H3/t14-/m1/s1. The van der Waals surface area contributed by atoms with Gasteiger partial charge in [0.05, 0.1) is 18.8 Å². The molecular weight excluding hydrogens is 295 g/mol. The molecule has 0 saturated carbocycles. The average Bonchev–Trinajstić information content (AvgIpc) is 2.73. The van der Waals surface area contributed by atoms with Crippen LogP contribution in [-0.4, -0.2) is 53.2 Å². The van der Waals surface area contributed by atoms with E-state index in [0.29, 0.717) is 12.6 Å². The Hall–Kier alpha value is -1.08. The van der Waals surface area contributed by atoms with Gasteiger partial charge >= 0.3 is 6.18 Å². The molecule has 0 unspecified atom stereocenters. The molecule has 2 rings (SSSR count). The van der Waals surface area contributed by atoms with Gasteiger partial charge in [-0.1, -0.05) is 6.42 Å². The molecule has 1 fully saturated rings. The van der Waals surface area contributed by atoms with E-state index in [2.05, 4.69) is 10.00 Å². The minimum absolute atomic E-state index is 0.118. The Labute approximate surface area is 129 Å². The zero-order chi connectivity index (χ0) is 16.2. The van der Waals surface area contributed by atoms with Gasteiger partial charge in [0.2, 0.25) is 0 Å². The molecule has 22 heavy (non-hydrogen) atoms. The summed E-state index contributed by atoms with van der Waals surface area (Å²) in [5.41, 5.74) is 2.12. The number of alkyl halides is 3. The quantitative estimate of drug-likeness (QED) is 0.755. The number of aromatic nitrogens is 2. The first-order valence-corrected chi connectivity index (χ1v) is 7.75. The fraction of sp³-hybridized carbons (Fsp3) is 0.800. The molecule has 4 nitrogen and oxygen atoms in total. The van der Waals surface area contributed by atoms with E-state index < -0.39 is 12.8 Å². The lowest BCUT2D eigenvalue weighted by Crippen LogP contribution is -2.44. The lowest BCUT2D eigenvalue weighted by Gasteiger charge is -2.35. The van der Waals surface area contributed by atoms with Crippen LogP contribution in [0.3, 0.4) is 0 Å². The second kappa shape index (κ2) is 7.46. The first-order chi connectivity index (χ1) is 10.3. The van der Waals surface area contributed by atoms with Gasteiger partial charge in [0.1, 0.15) is 6.61 Å². The van der Waals surface area contributed by atoms with Crippen molar-refractivity contribution in [2.45, 2.75) is 51.9 Å². The fourth-order valence-electron chi connectivity index (χ4n) is 2.99. The highest BCUT2D eigenvalue weighted by Gasteiger charge is 2.28. The van der Waals surface area contributed by atoms with Crippen LogP contribution in [0.4, 0.5) is 13.2 Å². The van der Waals surface area contributed by atoms with E-state index in [1.165, 1.54) is 0 Å². The number of hydrogen-bond acceptors (Lipinski definition) is 3. The Morgan fingerprint density at radius 3 is 2.73 bits per heavy atom. The van der Waals surface area contributed by atoms with Gasteiger partial charge in [-0.3, -0.25) is 9.58 Å². The van der Waals surface area contributed by atoms with Gasteiger partial charge < -0.3 is 4.74 Å². The minimum Gasteiger partial charge on any atom is -0.371 e. The van der Waals surface area contributed by atoms with Crippen molar-refractivity contribution in [1.82, 2.24) is 14.7 Å². The highest BCUT2D eigenvalue weighted by molar-refractivity contribution is 5.06. The summed E-state index contributed by atoms with van der Waals surface area (Å²) in [5, 5.41) is 4.48. The highest BCUT2D eigenvalue weighted by atomic mass is 19.4. The van der Waals surface area contributed by atoms with Crippen molar-refractivity contribution in [3.63, 3.8) is 0 Å². The summed E-state index contributed by atoms with van der Waals surface area (Å²) in [7, 11) is 0. The van der Waals surface area contributed by atoms with E-state index >= 15 is 0 Å². The molecule has 0 aliphatic carbocycles. The Bertz CT molecular complexity index is 473. The summed E-state index contributed by atoms with van der Waals surface area (Å²) in [4.78, 5) is 2.23. The van der Waals surface area contributed by atoms with Gasteiger partial charge in [-0.05, 0) is 39.3 Å². The third-order valence-electron chi connectivity index (χ3n) is 4.02. The molecule has 0 radical (unpaired) electrons. The molecule has 1 atom stereocenters. The topological polar surface area (TPSA) is 30.3 Å². The molecule has 1 saturated heterocycles. The smallest absolute Gasteiger partial charge is 0.371 e. The van der Waals surface area contributed by atoms with Crippen molar-refractivity contribution in [1.29, 1.82) is 0 Å². The molecule has 1 aliphatic heterocycles. The normalized spacial score (nSPS) is 20.5. The molecule has 0 N–H and O–H groups in total. The van der Waals surface area contributed by atoms with Crippen molar-refractivity contribution < 1.29 is 17.9 Å². The van der Waals surface area contributed by atoms with Gasteiger partial charge in [-0.15, -0.1) is 0 Å². The molecule has 0 bridgehead atoms. The van der Waals surface area contributed by atoms with Gasteiger partial charge in [-0.2, -0.15) is 18.3 Å². The number of halogens is 3. The summed E-state index contributed by atoms with van der Waals surface area (Å²) in [6.07, 6.45) is -0.945. The van der Waals surface area contributed by atoms with Crippen molar-refractivity contribution in [2.24, 2.45) is 0 Å². The summed E-state index contributed by atoms with van der Waals surface area (Å²) in [5.74, 6) is 0. The van der Waals surface area contributed by atoms with E-state index in [4.69, 9.17) is 4.74 Å². The van der Waals surface area contributed by atoms with Gasteiger partial charge in [-0.25, -0.2) is 0 Å². The van der Waals surface area contributed by atoms with Crippen LogP contribution in [0, 0.1) is 13.8 Å².